The fourth-order valence-electron chi connectivity index (χ4n) is 4.28. The molecule has 0 unspecified atom stereocenters. The van der Waals surface area contributed by atoms with Crippen molar-refractivity contribution in [1.82, 2.24) is 0 Å². The zero-order valence-electron chi connectivity index (χ0n) is 22.5. The summed E-state index contributed by atoms with van der Waals surface area (Å²) in [5.74, 6) is 1.08. The van der Waals surface area contributed by atoms with Crippen LogP contribution in [0.1, 0.15) is 132 Å². The van der Waals surface area contributed by atoms with Gasteiger partial charge in [-0.1, -0.05) is 99.6 Å². The number of para-hydroxylation sites is 1. The average Bonchev–Trinajstić information content (AvgIpc) is 2.72. The lowest BCUT2D eigenvalue weighted by molar-refractivity contribution is -0.111. The summed E-state index contributed by atoms with van der Waals surface area (Å²) in [6.07, 6.45) is -0.192. The molecular weight excluding hydrogens is 444 g/mol. The van der Waals surface area contributed by atoms with Gasteiger partial charge >= 0.3 is 10.1 Å². The van der Waals surface area contributed by atoms with Crippen molar-refractivity contribution in [1.29, 1.82) is 0 Å². The molecule has 0 aromatic heterocycles. The van der Waals surface area contributed by atoms with Gasteiger partial charge < -0.3 is 4.18 Å². The highest BCUT2D eigenvalue weighted by atomic mass is 32.2. The van der Waals surface area contributed by atoms with Crippen molar-refractivity contribution >= 4 is 15.2 Å². The van der Waals surface area contributed by atoms with E-state index >= 15 is 0 Å². The van der Waals surface area contributed by atoms with E-state index in [0.717, 1.165) is 27.8 Å². The van der Waals surface area contributed by atoms with Gasteiger partial charge in [-0.3, -0.25) is 4.79 Å². The molecule has 4 nitrogen and oxygen atoms in total. The monoisotopic (exact) mass is 486 g/mol. The molecular formula is C29H42O4S. The number of hydrogen-bond acceptors (Lipinski definition) is 4. The molecule has 0 N–H and O–H groups in total. The van der Waals surface area contributed by atoms with Crippen molar-refractivity contribution in [3.8, 4) is 5.75 Å². The predicted molar refractivity (Wildman–Crippen MR) is 142 cm³/mol. The van der Waals surface area contributed by atoms with Gasteiger partial charge in [0.2, 0.25) is 0 Å². The molecule has 2 rings (SSSR count). The minimum absolute atomic E-state index is 0.0580. The molecule has 2 aromatic carbocycles. The molecule has 0 saturated heterocycles. The number of carbonyl (C=O) groups excluding carboxylic acids is 1. The van der Waals surface area contributed by atoms with E-state index < -0.39 is 15.2 Å². The molecule has 0 amide bonds. The van der Waals surface area contributed by atoms with Gasteiger partial charge in [0.15, 0.2) is 0 Å². The molecule has 34 heavy (non-hydrogen) atoms. The van der Waals surface area contributed by atoms with E-state index in [4.69, 9.17) is 4.18 Å². The standard InChI is InChI=1S/C29H42O4S/c1-17(2)22-14-25(20(7)8)27(26(15-22)21(9)10)16-28(30)34(31,32)33-29-23(18(3)4)12-11-13-24(29)19(5)6/h11-15,17-21H,16H2,1-10H3. The summed E-state index contributed by atoms with van der Waals surface area (Å²) in [4.78, 5) is 13.3. The molecule has 5 heteroatoms. The third-order valence-electron chi connectivity index (χ3n) is 6.36. The van der Waals surface area contributed by atoms with Crippen LogP contribution in [0.2, 0.25) is 0 Å². The maximum absolute atomic E-state index is 13.3. The van der Waals surface area contributed by atoms with E-state index in [1.54, 1.807) is 0 Å². The third-order valence-corrected chi connectivity index (χ3v) is 7.45. The van der Waals surface area contributed by atoms with E-state index in [1.165, 1.54) is 5.56 Å². The smallest absolute Gasteiger partial charge is 0.373 e. The molecule has 0 aliphatic carbocycles. The Morgan fingerprint density at radius 2 is 1.12 bits per heavy atom. The molecule has 188 valence electrons. The van der Waals surface area contributed by atoms with Crippen molar-refractivity contribution in [2.24, 2.45) is 0 Å². The van der Waals surface area contributed by atoms with Crippen LogP contribution in [0.25, 0.3) is 0 Å². The number of rotatable bonds is 9. The van der Waals surface area contributed by atoms with Crippen LogP contribution in [0, 0.1) is 0 Å². The lowest BCUT2D eigenvalue weighted by atomic mass is 9.83. The predicted octanol–water partition coefficient (Wildman–Crippen LogP) is 7.78. The van der Waals surface area contributed by atoms with Crippen molar-refractivity contribution in [3.05, 3.63) is 63.7 Å². The Kier molecular flexibility index (Phi) is 9.15. The van der Waals surface area contributed by atoms with Crippen LogP contribution >= 0.6 is 0 Å². The Bertz CT molecular complexity index is 1070. The topological polar surface area (TPSA) is 60.4 Å². The highest BCUT2D eigenvalue weighted by molar-refractivity contribution is 8.02. The van der Waals surface area contributed by atoms with Crippen LogP contribution < -0.4 is 4.18 Å². The quantitative estimate of drug-likeness (QED) is 0.339. The van der Waals surface area contributed by atoms with Gasteiger partial charge in [0.05, 0.1) is 6.42 Å². The summed E-state index contributed by atoms with van der Waals surface area (Å²) < 4.78 is 32.0. The summed E-state index contributed by atoms with van der Waals surface area (Å²) >= 11 is 0. The Morgan fingerprint density at radius 3 is 1.47 bits per heavy atom. The van der Waals surface area contributed by atoms with E-state index in [1.807, 2.05) is 45.9 Å². The summed E-state index contributed by atoms with van der Waals surface area (Å²) in [5, 5.41) is -0.901. The zero-order valence-corrected chi connectivity index (χ0v) is 23.3. The van der Waals surface area contributed by atoms with Gasteiger partial charge in [-0.2, -0.15) is 8.42 Å². The first-order chi connectivity index (χ1) is 15.7. The fourth-order valence-corrected chi connectivity index (χ4v) is 5.10. The van der Waals surface area contributed by atoms with Gasteiger partial charge in [-0.25, -0.2) is 0 Å². The maximum Gasteiger partial charge on any atom is 0.373 e. The van der Waals surface area contributed by atoms with Crippen molar-refractivity contribution < 1.29 is 17.4 Å². The maximum atomic E-state index is 13.3. The third kappa shape index (κ3) is 6.29. The van der Waals surface area contributed by atoms with Crippen LogP contribution in [0.3, 0.4) is 0 Å². The summed E-state index contributed by atoms with van der Waals surface area (Å²) in [5.41, 5.74) is 5.65. The highest BCUT2D eigenvalue weighted by Crippen LogP contribution is 2.36. The Hall–Kier alpha value is -2.14. The zero-order chi connectivity index (χ0) is 26.0. The molecule has 0 aliphatic heterocycles. The average molecular weight is 487 g/mol. The van der Waals surface area contributed by atoms with Gasteiger partial charge in [0.25, 0.3) is 5.12 Å². The molecule has 0 atom stereocenters. The molecule has 0 spiro atoms. The molecule has 0 fully saturated rings. The molecule has 0 heterocycles. The normalized spacial score (nSPS) is 12.4. The van der Waals surface area contributed by atoms with Gasteiger partial charge in [-0.15, -0.1) is 0 Å². The highest BCUT2D eigenvalue weighted by Gasteiger charge is 2.30. The van der Waals surface area contributed by atoms with Crippen molar-refractivity contribution in [2.45, 2.75) is 105 Å². The first-order valence-electron chi connectivity index (χ1n) is 12.4. The summed E-state index contributed by atoms with van der Waals surface area (Å²) in [7, 11) is -4.47. The lowest BCUT2D eigenvalue weighted by Gasteiger charge is -2.23. The van der Waals surface area contributed by atoms with Gasteiger partial charge in [0.1, 0.15) is 5.75 Å². The number of carbonyl (C=O) groups is 1. The van der Waals surface area contributed by atoms with Gasteiger partial charge in [0, 0.05) is 0 Å². The van der Waals surface area contributed by atoms with E-state index in [2.05, 4.69) is 53.7 Å². The van der Waals surface area contributed by atoms with Crippen LogP contribution in [-0.4, -0.2) is 13.5 Å². The fraction of sp³-hybridized carbons (Fsp3) is 0.552. The van der Waals surface area contributed by atoms with Crippen LogP contribution in [0.15, 0.2) is 30.3 Å². The van der Waals surface area contributed by atoms with Crippen LogP contribution in [0.5, 0.6) is 5.75 Å². The first kappa shape index (κ1) is 28.1. The second-order valence-electron chi connectivity index (χ2n) is 10.8. The van der Waals surface area contributed by atoms with E-state index in [-0.39, 0.29) is 30.1 Å². The van der Waals surface area contributed by atoms with Crippen LogP contribution in [0.4, 0.5) is 0 Å². The molecule has 0 saturated carbocycles. The van der Waals surface area contributed by atoms with Crippen LogP contribution in [-0.2, 0) is 21.3 Å². The number of hydrogen-bond donors (Lipinski definition) is 0. The Labute approximate surface area is 207 Å². The molecule has 0 radical (unpaired) electrons. The van der Waals surface area contributed by atoms with Crippen molar-refractivity contribution in [2.75, 3.05) is 0 Å². The minimum atomic E-state index is -4.47. The van der Waals surface area contributed by atoms with Crippen molar-refractivity contribution in [3.63, 3.8) is 0 Å². The summed E-state index contributed by atoms with van der Waals surface area (Å²) in [6, 6.07) is 9.89. The Morgan fingerprint density at radius 1 is 0.706 bits per heavy atom. The summed E-state index contributed by atoms with van der Waals surface area (Å²) in [6.45, 7) is 20.6. The Balaban J connectivity index is 2.55. The van der Waals surface area contributed by atoms with E-state index in [0.29, 0.717) is 11.7 Å². The van der Waals surface area contributed by atoms with E-state index in [9.17, 15) is 13.2 Å². The molecule has 2 aromatic rings. The number of benzene rings is 2. The second-order valence-corrected chi connectivity index (χ2v) is 12.3. The van der Waals surface area contributed by atoms with Gasteiger partial charge in [-0.05, 0) is 63.0 Å². The lowest BCUT2D eigenvalue weighted by Crippen LogP contribution is -2.25. The molecule has 0 aliphatic rings. The SMILES string of the molecule is CC(C)c1cc(C(C)C)c(CC(=O)S(=O)(=O)Oc2c(C(C)C)cccc2C(C)C)c(C(C)C)c1. The molecule has 0 bridgehead atoms. The largest absolute Gasteiger partial charge is 0.376 e. The first-order valence-corrected chi connectivity index (χ1v) is 13.8. The second kappa shape index (κ2) is 11.1. The minimum Gasteiger partial charge on any atom is -0.376 e.